The van der Waals surface area contributed by atoms with E-state index in [0.717, 1.165) is 58.1 Å². The molecule has 3 aliphatic rings. The molecule has 10 heteroatoms. The quantitative estimate of drug-likeness (QED) is 0.567. The van der Waals surface area contributed by atoms with Gasteiger partial charge in [-0.25, -0.2) is 13.6 Å². The van der Waals surface area contributed by atoms with Crippen molar-refractivity contribution >= 4 is 21.4 Å². The molecule has 4 rings (SSSR count). The number of nitro groups is 1. The fourth-order valence-corrected chi connectivity index (χ4v) is 5.18. The molecule has 0 amide bonds. The van der Waals surface area contributed by atoms with Crippen molar-refractivity contribution in [3.63, 3.8) is 0 Å². The lowest BCUT2D eigenvalue weighted by atomic mass is 9.60. The van der Waals surface area contributed by atoms with Crippen molar-refractivity contribution in [2.75, 3.05) is 31.6 Å². The van der Waals surface area contributed by atoms with Gasteiger partial charge in [-0.3, -0.25) is 15.0 Å². The lowest BCUT2D eigenvalue weighted by molar-refractivity contribution is -0.384. The molecule has 0 bridgehead atoms. The Kier molecular flexibility index (Phi) is 4.61. The molecule has 1 saturated carbocycles. The number of ether oxygens (including phenoxy) is 1. The Balaban J connectivity index is 1.36. The Bertz CT molecular complexity index is 839. The van der Waals surface area contributed by atoms with E-state index in [1.165, 1.54) is 12.1 Å². The summed E-state index contributed by atoms with van der Waals surface area (Å²) in [4.78, 5) is 13.0. The largest absolute Gasteiger partial charge is 0.381 e. The number of benzene rings is 1. The van der Waals surface area contributed by atoms with E-state index in [4.69, 9.17) is 9.88 Å². The van der Waals surface area contributed by atoms with Crippen LogP contribution in [0, 0.1) is 15.5 Å². The van der Waals surface area contributed by atoms with Crippen molar-refractivity contribution in [1.82, 2.24) is 4.90 Å². The highest BCUT2D eigenvalue weighted by atomic mass is 32.2. The molecule has 0 radical (unpaired) electrons. The first kappa shape index (κ1) is 18.6. The molecule has 0 unspecified atom stereocenters. The zero-order chi connectivity index (χ0) is 19.2. The molecule has 2 aliphatic heterocycles. The highest BCUT2D eigenvalue weighted by Crippen LogP contribution is 2.50. The van der Waals surface area contributed by atoms with Crippen LogP contribution in [0.4, 0.5) is 11.4 Å². The van der Waals surface area contributed by atoms with Gasteiger partial charge in [0.25, 0.3) is 5.69 Å². The molecule has 27 heavy (non-hydrogen) atoms. The van der Waals surface area contributed by atoms with E-state index in [-0.39, 0.29) is 16.6 Å². The Hall–Kier alpha value is -1.75. The number of nitro benzene ring substituents is 1. The van der Waals surface area contributed by atoms with Gasteiger partial charge in [-0.05, 0) is 43.2 Å². The number of hydrogen-bond acceptors (Lipinski definition) is 7. The van der Waals surface area contributed by atoms with Crippen LogP contribution >= 0.6 is 0 Å². The summed E-state index contributed by atoms with van der Waals surface area (Å²) in [6.45, 7) is 3.86. The average Bonchev–Trinajstić information content (AvgIpc) is 2.55. The molecule has 2 heterocycles. The summed E-state index contributed by atoms with van der Waals surface area (Å²) in [5.74, 6) is 0. The van der Waals surface area contributed by atoms with Crippen LogP contribution in [-0.2, 0) is 14.8 Å². The molecule has 3 fully saturated rings. The van der Waals surface area contributed by atoms with Gasteiger partial charge in [-0.1, -0.05) is 0 Å². The molecule has 2 saturated heterocycles. The molecular formula is C17H24N4O5S. The van der Waals surface area contributed by atoms with E-state index in [1.807, 2.05) is 0 Å². The van der Waals surface area contributed by atoms with Gasteiger partial charge >= 0.3 is 0 Å². The molecule has 0 aromatic heterocycles. The average molecular weight is 396 g/mol. The topological polar surface area (TPSA) is 128 Å². The number of hydrogen-bond donors (Lipinski definition) is 2. The van der Waals surface area contributed by atoms with Crippen LogP contribution in [0.15, 0.2) is 23.1 Å². The number of sulfonamides is 1. The second-order valence-electron chi connectivity index (χ2n) is 7.98. The van der Waals surface area contributed by atoms with Crippen molar-refractivity contribution in [3.05, 3.63) is 28.3 Å². The van der Waals surface area contributed by atoms with Crippen LogP contribution in [0.1, 0.15) is 25.7 Å². The fourth-order valence-electron chi connectivity index (χ4n) is 4.65. The fraction of sp³-hybridized carbons (Fsp3) is 0.647. The number of anilines is 1. The summed E-state index contributed by atoms with van der Waals surface area (Å²) < 4.78 is 28.3. The summed E-state index contributed by atoms with van der Waals surface area (Å²) >= 11 is 0. The summed E-state index contributed by atoms with van der Waals surface area (Å²) in [5.41, 5.74) is 0.401. The van der Waals surface area contributed by atoms with Crippen molar-refractivity contribution in [2.45, 2.75) is 42.7 Å². The normalized spacial score (nSPS) is 23.6. The molecule has 3 N–H and O–H groups in total. The molecule has 1 aromatic carbocycles. The minimum Gasteiger partial charge on any atom is -0.381 e. The molecule has 1 aromatic rings. The Labute approximate surface area is 158 Å². The van der Waals surface area contributed by atoms with Gasteiger partial charge in [0, 0.05) is 44.5 Å². The minimum absolute atomic E-state index is 0.167. The van der Waals surface area contributed by atoms with Crippen LogP contribution < -0.4 is 10.5 Å². The van der Waals surface area contributed by atoms with Crippen LogP contribution in [0.5, 0.6) is 0 Å². The molecular weight excluding hydrogens is 372 g/mol. The monoisotopic (exact) mass is 396 g/mol. The second-order valence-corrected chi connectivity index (χ2v) is 9.54. The van der Waals surface area contributed by atoms with E-state index in [1.54, 1.807) is 0 Å². The van der Waals surface area contributed by atoms with E-state index in [9.17, 15) is 18.5 Å². The molecule has 0 atom stereocenters. The number of nitrogens with one attached hydrogen (secondary N) is 1. The highest BCUT2D eigenvalue weighted by Gasteiger charge is 2.53. The van der Waals surface area contributed by atoms with Gasteiger partial charge in [0.15, 0.2) is 0 Å². The highest BCUT2D eigenvalue weighted by molar-refractivity contribution is 7.89. The second kappa shape index (κ2) is 6.69. The maximum atomic E-state index is 11.4. The first-order valence-corrected chi connectivity index (χ1v) is 10.7. The molecule has 148 valence electrons. The van der Waals surface area contributed by atoms with Crippen LogP contribution in [-0.4, -0.2) is 56.6 Å². The van der Waals surface area contributed by atoms with Crippen LogP contribution in [0.2, 0.25) is 0 Å². The molecule has 9 nitrogen and oxygen atoms in total. The maximum absolute atomic E-state index is 11.4. The van der Waals surface area contributed by atoms with Gasteiger partial charge in [0.05, 0.1) is 9.82 Å². The van der Waals surface area contributed by atoms with Gasteiger partial charge < -0.3 is 10.1 Å². The molecule has 1 aliphatic carbocycles. The van der Waals surface area contributed by atoms with Gasteiger partial charge in [0.2, 0.25) is 10.0 Å². The Morgan fingerprint density at radius 3 is 2.52 bits per heavy atom. The number of likely N-dealkylation sites (tertiary alicyclic amines) is 1. The third kappa shape index (κ3) is 3.66. The Morgan fingerprint density at radius 1 is 1.26 bits per heavy atom. The Morgan fingerprint density at radius 2 is 1.93 bits per heavy atom. The third-order valence-electron chi connectivity index (χ3n) is 6.00. The smallest absolute Gasteiger partial charge is 0.293 e. The van der Waals surface area contributed by atoms with Crippen molar-refractivity contribution in [2.24, 2.45) is 10.6 Å². The van der Waals surface area contributed by atoms with Crippen molar-refractivity contribution in [3.8, 4) is 0 Å². The van der Waals surface area contributed by atoms with Gasteiger partial charge in [-0.15, -0.1) is 0 Å². The third-order valence-corrected chi connectivity index (χ3v) is 6.91. The van der Waals surface area contributed by atoms with E-state index in [2.05, 4.69) is 10.2 Å². The number of rotatable bonds is 5. The van der Waals surface area contributed by atoms with Crippen molar-refractivity contribution in [1.29, 1.82) is 0 Å². The summed E-state index contributed by atoms with van der Waals surface area (Å²) in [6, 6.07) is 4.54. The predicted octanol–water partition coefficient (Wildman–Crippen LogP) is 1.30. The predicted molar refractivity (Wildman–Crippen MR) is 99.0 cm³/mol. The maximum Gasteiger partial charge on any atom is 0.293 e. The first-order valence-electron chi connectivity index (χ1n) is 9.15. The number of nitrogens with zero attached hydrogens (tertiary/aromatic N) is 2. The SMILES string of the molecule is NS(=O)(=O)c1ccc(NC2CC3(C2)CN(C2CCOCC2)C3)c([N+](=O)[O-])c1. The first-order chi connectivity index (χ1) is 12.8. The standard InChI is InChI=1S/C17H24N4O5S/c18-27(24,25)14-1-2-15(16(7-14)21(22)23)19-12-8-17(9-12)10-20(11-17)13-3-5-26-6-4-13/h1-2,7,12-13,19H,3-6,8-11H2,(H2,18,24,25). The zero-order valence-corrected chi connectivity index (χ0v) is 15.8. The van der Waals surface area contributed by atoms with E-state index in [0.29, 0.717) is 17.1 Å². The van der Waals surface area contributed by atoms with Gasteiger partial charge in [-0.2, -0.15) is 0 Å². The van der Waals surface area contributed by atoms with Crippen LogP contribution in [0.25, 0.3) is 0 Å². The number of nitrogens with two attached hydrogens (primary N) is 1. The zero-order valence-electron chi connectivity index (χ0n) is 15.0. The summed E-state index contributed by atoms with van der Waals surface area (Å²) in [5, 5.41) is 19.6. The van der Waals surface area contributed by atoms with Crippen molar-refractivity contribution < 1.29 is 18.1 Å². The van der Waals surface area contributed by atoms with Gasteiger partial charge in [0.1, 0.15) is 5.69 Å². The summed E-state index contributed by atoms with van der Waals surface area (Å²) in [7, 11) is -3.97. The summed E-state index contributed by atoms with van der Waals surface area (Å²) in [6.07, 6.45) is 4.14. The van der Waals surface area contributed by atoms with Crippen LogP contribution in [0.3, 0.4) is 0 Å². The lowest BCUT2D eigenvalue weighted by Gasteiger charge is -2.61. The van der Waals surface area contributed by atoms with E-state index >= 15 is 0 Å². The molecule has 1 spiro atoms. The van der Waals surface area contributed by atoms with E-state index < -0.39 is 14.9 Å². The lowest BCUT2D eigenvalue weighted by Crippen LogP contribution is -2.67. The minimum atomic E-state index is -3.97. The number of primary sulfonamides is 1.